The van der Waals surface area contributed by atoms with Gasteiger partial charge in [0.1, 0.15) is 0 Å². The fourth-order valence-corrected chi connectivity index (χ4v) is 1.38. The van der Waals surface area contributed by atoms with E-state index in [9.17, 15) is 8.78 Å². The number of nitrogens with zero attached hydrogens (tertiary/aromatic N) is 1. The molecule has 0 radical (unpaired) electrons. The lowest BCUT2D eigenvalue weighted by Crippen LogP contribution is -2.46. The van der Waals surface area contributed by atoms with Crippen LogP contribution in [0.15, 0.2) is 22.8 Å². The summed E-state index contributed by atoms with van der Waals surface area (Å²) in [5, 5.41) is 0. The highest BCUT2D eigenvalue weighted by atomic mass is 79.9. The van der Waals surface area contributed by atoms with Crippen molar-refractivity contribution < 1.29 is 8.78 Å². The summed E-state index contributed by atoms with van der Waals surface area (Å²) in [6.45, 7) is 1.32. The van der Waals surface area contributed by atoms with Crippen molar-refractivity contribution in [2.45, 2.75) is 25.3 Å². The molecule has 2 N–H and O–H groups in total. The molecule has 1 unspecified atom stereocenters. The summed E-state index contributed by atoms with van der Waals surface area (Å²) in [4.78, 5) is 3.99. The molecule has 0 amide bonds. The third kappa shape index (κ3) is 2.72. The van der Waals surface area contributed by atoms with E-state index in [4.69, 9.17) is 5.73 Å². The van der Waals surface area contributed by atoms with Gasteiger partial charge >= 0.3 is 0 Å². The summed E-state index contributed by atoms with van der Waals surface area (Å²) < 4.78 is 25.6. The lowest BCUT2D eigenvalue weighted by Gasteiger charge is -2.23. The molecule has 0 bridgehead atoms. The standard InChI is InChI=1S/C9H11BrF2N2/c1-9(13,8(11)12)5-7-6(10)3-2-4-14-7/h2-4,8H,5,13H2,1H3. The highest BCUT2D eigenvalue weighted by Gasteiger charge is 2.31. The monoisotopic (exact) mass is 264 g/mol. The summed E-state index contributed by atoms with van der Waals surface area (Å²) in [7, 11) is 0. The quantitative estimate of drug-likeness (QED) is 0.911. The first kappa shape index (κ1) is 11.5. The van der Waals surface area contributed by atoms with Crippen LogP contribution in [0.1, 0.15) is 12.6 Å². The van der Waals surface area contributed by atoms with Gasteiger partial charge in [0.25, 0.3) is 6.43 Å². The van der Waals surface area contributed by atoms with Crippen LogP contribution in [-0.2, 0) is 6.42 Å². The summed E-state index contributed by atoms with van der Waals surface area (Å²) in [5.74, 6) is 0. The highest BCUT2D eigenvalue weighted by molar-refractivity contribution is 9.10. The Kier molecular flexibility index (Phi) is 3.55. The van der Waals surface area contributed by atoms with Gasteiger partial charge in [-0.15, -0.1) is 0 Å². The first-order valence-electron chi connectivity index (χ1n) is 4.10. The van der Waals surface area contributed by atoms with E-state index in [-0.39, 0.29) is 6.42 Å². The van der Waals surface area contributed by atoms with Crippen LogP contribution in [0.3, 0.4) is 0 Å². The first-order chi connectivity index (χ1) is 6.43. The van der Waals surface area contributed by atoms with Gasteiger partial charge in [0.05, 0.1) is 11.2 Å². The molecule has 0 aromatic carbocycles. The number of nitrogens with two attached hydrogens (primary N) is 1. The molecule has 0 saturated carbocycles. The van der Waals surface area contributed by atoms with Crippen LogP contribution in [-0.4, -0.2) is 16.9 Å². The summed E-state index contributed by atoms with van der Waals surface area (Å²) >= 11 is 3.24. The second kappa shape index (κ2) is 4.31. The number of hydrogen-bond donors (Lipinski definition) is 1. The van der Waals surface area contributed by atoms with Crippen LogP contribution in [0, 0.1) is 0 Å². The van der Waals surface area contributed by atoms with Crippen molar-refractivity contribution in [2.75, 3.05) is 0 Å². The Balaban J connectivity index is 2.84. The Bertz CT molecular complexity index is 315. The minimum absolute atomic E-state index is 0.0477. The van der Waals surface area contributed by atoms with Crippen molar-refractivity contribution >= 4 is 15.9 Å². The van der Waals surface area contributed by atoms with Crippen molar-refractivity contribution in [3.63, 3.8) is 0 Å². The summed E-state index contributed by atoms with van der Waals surface area (Å²) in [6.07, 6.45) is -0.954. The van der Waals surface area contributed by atoms with Gasteiger partial charge < -0.3 is 5.73 Å². The molecule has 1 atom stereocenters. The van der Waals surface area contributed by atoms with Crippen LogP contribution in [0.4, 0.5) is 8.78 Å². The maximum Gasteiger partial charge on any atom is 0.256 e. The Labute approximate surface area is 89.6 Å². The molecule has 5 heteroatoms. The maximum atomic E-state index is 12.5. The average molecular weight is 265 g/mol. The molecular formula is C9H11BrF2N2. The molecule has 1 aromatic heterocycles. The zero-order valence-electron chi connectivity index (χ0n) is 7.67. The predicted octanol–water partition coefficient (Wildman–Crippen LogP) is 2.37. The van der Waals surface area contributed by atoms with E-state index in [2.05, 4.69) is 20.9 Å². The number of rotatable bonds is 3. The van der Waals surface area contributed by atoms with Crippen molar-refractivity contribution in [3.05, 3.63) is 28.5 Å². The lowest BCUT2D eigenvalue weighted by molar-refractivity contribution is 0.0633. The second-order valence-corrected chi connectivity index (χ2v) is 4.27. The topological polar surface area (TPSA) is 38.9 Å². The van der Waals surface area contributed by atoms with Crippen molar-refractivity contribution in [1.82, 2.24) is 4.98 Å². The molecule has 0 saturated heterocycles. The molecule has 78 valence electrons. The largest absolute Gasteiger partial charge is 0.320 e. The summed E-state index contributed by atoms with van der Waals surface area (Å²) in [6, 6.07) is 3.48. The molecule has 1 aromatic rings. The van der Waals surface area contributed by atoms with E-state index in [0.717, 1.165) is 0 Å². The van der Waals surface area contributed by atoms with E-state index in [1.165, 1.54) is 6.92 Å². The molecule has 0 spiro atoms. The Morgan fingerprint density at radius 2 is 2.29 bits per heavy atom. The van der Waals surface area contributed by atoms with Crippen LogP contribution in [0.2, 0.25) is 0 Å². The minimum atomic E-state index is -2.56. The van der Waals surface area contributed by atoms with Gasteiger partial charge in [0.15, 0.2) is 0 Å². The Hall–Kier alpha value is -0.550. The Morgan fingerprint density at radius 1 is 1.64 bits per heavy atom. The molecule has 0 aliphatic rings. The van der Waals surface area contributed by atoms with Crippen molar-refractivity contribution in [1.29, 1.82) is 0 Å². The number of aromatic nitrogens is 1. The van der Waals surface area contributed by atoms with Crippen molar-refractivity contribution in [2.24, 2.45) is 5.73 Å². The molecule has 0 fully saturated rings. The minimum Gasteiger partial charge on any atom is -0.320 e. The number of pyridine rings is 1. The number of alkyl halides is 2. The van der Waals surface area contributed by atoms with Crippen molar-refractivity contribution in [3.8, 4) is 0 Å². The van der Waals surface area contributed by atoms with Gasteiger partial charge in [-0.1, -0.05) is 0 Å². The normalized spacial score (nSPS) is 15.6. The maximum absolute atomic E-state index is 12.5. The van der Waals surface area contributed by atoms with Crippen LogP contribution in [0.5, 0.6) is 0 Å². The van der Waals surface area contributed by atoms with Gasteiger partial charge in [0.2, 0.25) is 0 Å². The molecule has 2 nitrogen and oxygen atoms in total. The molecule has 0 aliphatic carbocycles. The van der Waals surface area contributed by atoms with Gasteiger partial charge in [-0.05, 0) is 35.0 Å². The smallest absolute Gasteiger partial charge is 0.256 e. The highest BCUT2D eigenvalue weighted by Crippen LogP contribution is 2.21. The number of halogens is 3. The molecule has 1 rings (SSSR count). The van der Waals surface area contributed by atoms with E-state index >= 15 is 0 Å². The van der Waals surface area contributed by atoms with Crippen LogP contribution < -0.4 is 5.73 Å². The third-order valence-corrected chi connectivity index (χ3v) is 2.60. The lowest BCUT2D eigenvalue weighted by atomic mass is 9.97. The molecule has 0 aliphatic heterocycles. The summed E-state index contributed by atoms with van der Waals surface area (Å²) in [5.41, 5.74) is 4.47. The number of hydrogen-bond acceptors (Lipinski definition) is 2. The van der Waals surface area contributed by atoms with E-state index < -0.39 is 12.0 Å². The molecular weight excluding hydrogens is 254 g/mol. The van der Waals surface area contributed by atoms with Crippen LogP contribution in [0.25, 0.3) is 0 Å². The second-order valence-electron chi connectivity index (χ2n) is 3.42. The van der Waals surface area contributed by atoms with E-state index in [1.54, 1.807) is 18.3 Å². The SMILES string of the molecule is CC(N)(Cc1ncccc1Br)C(F)F. The predicted molar refractivity (Wildman–Crippen MR) is 54.2 cm³/mol. The Morgan fingerprint density at radius 3 is 2.79 bits per heavy atom. The average Bonchev–Trinajstić information content (AvgIpc) is 2.08. The van der Waals surface area contributed by atoms with E-state index in [0.29, 0.717) is 10.2 Å². The zero-order valence-corrected chi connectivity index (χ0v) is 9.26. The van der Waals surface area contributed by atoms with Gasteiger partial charge in [-0.25, -0.2) is 8.78 Å². The van der Waals surface area contributed by atoms with Gasteiger partial charge in [-0.3, -0.25) is 4.98 Å². The zero-order chi connectivity index (χ0) is 10.8. The third-order valence-electron chi connectivity index (χ3n) is 1.88. The molecule has 1 heterocycles. The fraction of sp³-hybridized carbons (Fsp3) is 0.444. The molecule has 14 heavy (non-hydrogen) atoms. The first-order valence-corrected chi connectivity index (χ1v) is 4.89. The van der Waals surface area contributed by atoms with E-state index in [1.807, 2.05) is 0 Å². The van der Waals surface area contributed by atoms with Gasteiger partial charge in [0, 0.05) is 17.1 Å². The van der Waals surface area contributed by atoms with Gasteiger partial charge in [-0.2, -0.15) is 0 Å². The van der Waals surface area contributed by atoms with Crippen LogP contribution >= 0.6 is 15.9 Å². The fourth-order valence-electron chi connectivity index (χ4n) is 0.986.